The van der Waals surface area contributed by atoms with Gasteiger partial charge in [0.2, 0.25) is 0 Å². The molecule has 2 aromatic rings. The maximum atomic E-state index is 12.2. The van der Waals surface area contributed by atoms with Gasteiger partial charge < -0.3 is 4.42 Å². The van der Waals surface area contributed by atoms with E-state index in [1.54, 1.807) is 0 Å². The first-order chi connectivity index (χ1) is 7.75. The molecule has 1 atom stereocenters. The van der Waals surface area contributed by atoms with Crippen LogP contribution in [-0.4, -0.2) is 0 Å². The van der Waals surface area contributed by atoms with E-state index in [1.165, 1.54) is 0 Å². The minimum Gasteiger partial charge on any atom is -0.460 e. The molecule has 0 amide bonds. The fourth-order valence-corrected chi connectivity index (χ4v) is 2.14. The van der Waals surface area contributed by atoms with E-state index in [0.717, 1.165) is 17.7 Å². The molecule has 2 nitrogen and oxygen atoms in total. The van der Waals surface area contributed by atoms with Crippen LogP contribution >= 0.6 is 0 Å². The van der Waals surface area contributed by atoms with E-state index in [4.69, 9.17) is 4.42 Å². The van der Waals surface area contributed by atoms with Crippen LogP contribution in [0.25, 0.3) is 17.0 Å². The summed E-state index contributed by atoms with van der Waals surface area (Å²) in [4.78, 5) is 12.2. The van der Waals surface area contributed by atoms with Crippen LogP contribution in [0, 0.1) is 5.92 Å². The molecular formula is C14H12O2. The Bertz CT molecular complexity index is 635. The summed E-state index contributed by atoms with van der Waals surface area (Å²) in [7, 11) is 0. The number of hydrogen-bond donors (Lipinski definition) is 0. The molecule has 80 valence electrons. The minimum absolute atomic E-state index is 0.0833. The molecule has 0 bridgehead atoms. The highest BCUT2D eigenvalue weighted by molar-refractivity contribution is 5.79. The maximum Gasteiger partial charge on any atom is 0.200 e. The quantitative estimate of drug-likeness (QED) is 0.672. The van der Waals surface area contributed by atoms with Crippen LogP contribution in [0.2, 0.25) is 0 Å². The molecule has 0 aliphatic heterocycles. The zero-order chi connectivity index (χ0) is 11.1. The van der Waals surface area contributed by atoms with Crippen molar-refractivity contribution in [3.05, 3.63) is 51.9 Å². The summed E-state index contributed by atoms with van der Waals surface area (Å²) in [5.74, 6) is 1.26. The van der Waals surface area contributed by atoms with Gasteiger partial charge in [0.25, 0.3) is 0 Å². The van der Waals surface area contributed by atoms with Crippen molar-refractivity contribution in [2.24, 2.45) is 5.92 Å². The Morgan fingerprint density at radius 1 is 1.31 bits per heavy atom. The number of para-hydroxylation sites is 1. The Kier molecular flexibility index (Phi) is 1.96. The van der Waals surface area contributed by atoms with E-state index >= 15 is 0 Å². The lowest BCUT2D eigenvalue weighted by Crippen LogP contribution is -2.14. The molecule has 1 heterocycles. The Hall–Kier alpha value is -1.83. The predicted octanol–water partition coefficient (Wildman–Crippen LogP) is 3.00. The van der Waals surface area contributed by atoms with Crippen molar-refractivity contribution in [1.29, 1.82) is 0 Å². The number of rotatable bonds is 0. The molecule has 0 saturated heterocycles. The summed E-state index contributed by atoms with van der Waals surface area (Å²) < 4.78 is 5.78. The SMILES string of the molecule is CC1C=Cc2c(oc3ccccc3c2=O)C1. The summed E-state index contributed by atoms with van der Waals surface area (Å²) in [6, 6.07) is 7.41. The second-order valence-corrected chi connectivity index (χ2v) is 4.30. The summed E-state index contributed by atoms with van der Waals surface area (Å²) in [5, 5.41) is 0.667. The lowest BCUT2D eigenvalue weighted by Gasteiger charge is -2.14. The molecule has 1 aliphatic carbocycles. The third-order valence-electron chi connectivity index (χ3n) is 3.01. The average molecular weight is 212 g/mol. The molecule has 0 fully saturated rings. The molecule has 0 saturated carbocycles. The number of allylic oxidation sites excluding steroid dienone is 1. The van der Waals surface area contributed by atoms with Gasteiger partial charge >= 0.3 is 0 Å². The lowest BCUT2D eigenvalue weighted by molar-refractivity contribution is 0.500. The molecule has 3 rings (SSSR count). The second kappa shape index (κ2) is 3.34. The van der Waals surface area contributed by atoms with Crippen LogP contribution in [-0.2, 0) is 6.42 Å². The van der Waals surface area contributed by atoms with Crippen LogP contribution in [0.1, 0.15) is 18.2 Å². The van der Waals surface area contributed by atoms with Crippen LogP contribution in [0.4, 0.5) is 0 Å². The fourth-order valence-electron chi connectivity index (χ4n) is 2.14. The van der Waals surface area contributed by atoms with Gasteiger partial charge in [-0.25, -0.2) is 0 Å². The van der Waals surface area contributed by atoms with Gasteiger partial charge in [-0.05, 0) is 18.1 Å². The highest BCUT2D eigenvalue weighted by Crippen LogP contribution is 2.23. The molecule has 2 heteroatoms. The molecule has 0 N–H and O–H groups in total. The highest BCUT2D eigenvalue weighted by atomic mass is 16.3. The van der Waals surface area contributed by atoms with Gasteiger partial charge in [0.05, 0.1) is 10.9 Å². The number of hydrogen-bond acceptors (Lipinski definition) is 2. The van der Waals surface area contributed by atoms with Gasteiger partial charge in [-0.15, -0.1) is 0 Å². The summed E-state index contributed by atoms with van der Waals surface area (Å²) in [6.45, 7) is 2.12. The molecular weight excluding hydrogens is 200 g/mol. The van der Waals surface area contributed by atoms with Crippen LogP contribution < -0.4 is 5.43 Å². The maximum absolute atomic E-state index is 12.2. The second-order valence-electron chi connectivity index (χ2n) is 4.30. The van der Waals surface area contributed by atoms with Gasteiger partial charge in [0.15, 0.2) is 5.43 Å². The van der Waals surface area contributed by atoms with Crippen LogP contribution in [0.15, 0.2) is 39.6 Å². The van der Waals surface area contributed by atoms with Gasteiger partial charge in [0, 0.05) is 6.42 Å². The van der Waals surface area contributed by atoms with Crippen molar-refractivity contribution >= 4 is 17.0 Å². The third-order valence-corrected chi connectivity index (χ3v) is 3.01. The molecule has 1 aromatic heterocycles. The Morgan fingerprint density at radius 3 is 3.00 bits per heavy atom. The van der Waals surface area contributed by atoms with E-state index < -0.39 is 0 Å². The third kappa shape index (κ3) is 1.30. The summed E-state index contributed by atoms with van der Waals surface area (Å²) in [5.41, 5.74) is 1.49. The van der Waals surface area contributed by atoms with E-state index in [1.807, 2.05) is 30.3 Å². The van der Waals surface area contributed by atoms with Crippen LogP contribution in [0.5, 0.6) is 0 Å². The van der Waals surface area contributed by atoms with Crippen molar-refractivity contribution < 1.29 is 4.42 Å². The van der Waals surface area contributed by atoms with Crippen molar-refractivity contribution in [2.75, 3.05) is 0 Å². The predicted molar refractivity (Wildman–Crippen MR) is 64.4 cm³/mol. The molecule has 16 heavy (non-hydrogen) atoms. The molecule has 0 radical (unpaired) electrons. The Morgan fingerprint density at radius 2 is 2.12 bits per heavy atom. The van der Waals surface area contributed by atoms with E-state index in [2.05, 4.69) is 13.0 Å². The van der Waals surface area contributed by atoms with E-state index in [9.17, 15) is 4.79 Å². The van der Waals surface area contributed by atoms with Crippen LogP contribution in [0.3, 0.4) is 0 Å². The summed E-state index contributed by atoms with van der Waals surface area (Å²) in [6.07, 6.45) is 4.77. The van der Waals surface area contributed by atoms with Crippen molar-refractivity contribution in [3.8, 4) is 0 Å². The molecule has 1 aliphatic rings. The minimum atomic E-state index is 0.0833. The van der Waals surface area contributed by atoms with E-state index in [0.29, 0.717) is 16.9 Å². The normalized spacial score (nSPS) is 18.7. The first kappa shape index (κ1) is 9.40. The summed E-state index contributed by atoms with van der Waals surface area (Å²) >= 11 is 0. The number of benzene rings is 1. The first-order valence-corrected chi connectivity index (χ1v) is 5.48. The zero-order valence-electron chi connectivity index (χ0n) is 9.07. The Labute approximate surface area is 93.2 Å². The zero-order valence-corrected chi connectivity index (χ0v) is 9.07. The monoisotopic (exact) mass is 212 g/mol. The van der Waals surface area contributed by atoms with Crippen molar-refractivity contribution in [3.63, 3.8) is 0 Å². The van der Waals surface area contributed by atoms with Gasteiger partial charge in [-0.2, -0.15) is 0 Å². The highest BCUT2D eigenvalue weighted by Gasteiger charge is 2.17. The smallest absolute Gasteiger partial charge is 0.200 e. The molecule has 1 unspecified atom stereocenters. The van der Waals surface area contributed by atoms with Crippen molar-refractivity contribution in [1.82, 2.24) is 0 Å². The van der Waals surface area contributed by atoms with Crippen molar-refractivity contribution in [2.45, 2.75) is 13.3 Å². The topological polar surface area (TPSA) is 30.2 Å². The Balaban J connectivity index is 2.40. The van der Waals surface area contributed by atoms with Gasteiger partial charge in [0.1, 0.15) is 11.3 Å². The number of fused-ring (bicyclic) bond motifs is 2. The molecule has 1 aromatic carbocycles. The van der Waals surface area contributed by atoms with Gasteiger partial charge in [-0.3, -0.25) is 4.79 Å². The largest absolute Gasteiger partial charge is 0.460 e. The van der Waals surface area contributed by atoms with E-state index in [-0.39, 0.29) is 5.43 Å². The molecule has 0 spiro atoms. The average Bonchev–Trinajstić information content (AvgIpc) is 2.29. The fraction of sp³-hybridized carbons (Fsp3) is 0.214. The standard InChI is InChI=1S/C14H12O2/c1-9-6-7-11-13(8-9)16-12-5-3-2-4-10(12)14(11)15/h2-7,9H,8H2,1H3. The first-order valence-electron chi connectivity index (χ1n) is 5.48. The lowest BCUT2D eigenvalue weighted by atomic mass is 9.95. The van der Waals surface area contributed by atoms with Gasteiger partial charge in [-0.1, -0.05) is 31.2 Å².